The van der Waals surface area contributed by atoms with Crippen molar-refractivity contribution in [3.05, 3.63) is 130 Å². The Labute approximate surface area is 211 Å². The number of methoxy groups -OCH3 is 1. The van der Waals surface area contributed by atoms with Crippen LogP contribution in [0, 0.1) is 0 Å². The summed E-state index contributed by atoms with van der Waals surface area (Å²) in [5, 5.41) is 2.07. The van der Waals surface area contributed by atoms with Crippen LogP contribution in [0.25, 0.3) is 22.1 Å². The van der Waals surface area contributed by atoms with Gasteiger partial charge in [-0.05, 0) is 46.7 Å². The van der Waals surface area contributed by atoms with E-state index in [2.05, 4.69) is 15.9 Å². The first-order chi connectivity index (χ1) is 17.0. The summed E-state index contributed by atoms with van der Waals surface area (Å²) >= 11 is 3.41. The van der Waals surface area contributed by atoms with Gasteiger partial charge in [0.1, 0.15) is 17.1 Å². The van der Waals surface area contributed by atoms with Crippen LogP contribution < -0.4 is 0 Å². The van der Waals surface area contributed by atoms with Gasteiger partial charge in [-0.1, -0.05) is 82.7 Å². The molecule has 35 heavy (non-hydrogen) atoms. The van der Waals surface area contributed by atoms with Crippen LogP contribution in [0.4, 0.5) is 0 Å². The minimum absolute atomic E-state index is 0.140. The second kappa shape index (κ2) is 9.72. The molecule has 0 unspecified atom stereocenters. The number of benzene rings is 4. The summed E-state index contributed by atoms with van der Waals surface area (Å²) in [6.07, 6.45) is 0.357. The molecule has 0 aliphatic carbocycles. The molecule has 0 saturated heterocycles. The number of furan rings is 1. The van der Waals surface area contributed by atoms with Gasteiger partial charge in [-0.2, -0.15) is 0 Å². The maximum atomic E-state index is 13.8. The number of hydrogen-bond acceptors (Lipinski definition) is 4. The average molecular weight is 525 g/mol. The monoisotopic (exact) mass is 524 g/mol. The van der Waals surface area contributed by atoms with Crippen molar-refractivity contribution in [1.82, 2.24) is 0 Å². The molecular formula is C30H21BrO4. The lowest BCUT2D eigenvalue weighted by atomic mass is 9.94. The third-order valence-electron chi connectivity index (χ3n) is 5.92. The number of carbonyl (C=O) groups is 2. The number of hydrogen-bond donors (Lipinski definition) is 0. The molecule has 5 aromatic rings. The highest BCUT2D eigenvalue weighted by molar-refractivity contribution is 9.10. The molecule has 1 heterocycles. The molecule has 0 spiro atoms. The standard InChI is InChI=1S/C30H21BrO4/c1-34-30(33)27-26(28(32)21-13-15-24(31)16-14-21)25(17-19-7-3-2-4-8-19)35-29(27)23-12-11-20-9-5-6-10-22(20)18-23/h2-16,18H,17H2,1H3. The molecule has 0 aliphatic heterocycles. The van der Waals surface area contributed by atoms with Crippen molar-refractivity contribution in [3.63, 3.8) is 0 Å². The fourth-order valence-corrected chi connectivity index (χ4v) is 4.46. The van der Waals surface area contributed by atoms with Gasteiger partial charge in [0, 0.05) is 22.0 Å². The summed E-state index contributed by atoms with van der Waals surface area (Å²) in [6, 6.07) is 30.5. The Morgan fingerprint density at radius 2 is 1.49 bits per heavy atom. The first-order valence-electron chi connectivity index (χ1n) is 11.1. The van der Waals surface area contributed by atoms with E-state index in [1.807, 2.05) is 72.8 Å². The number of esters is 1. The second-order valence-electron chi connectivity index (χ2n) is 8.16. The molecule has 172 valence electrons. The van der Waals surface area contributed by atoms with Crippen LogP contribution in [0.5, 0.6) is 0 Å². The largest absolute Gasteiger partial charge is 0.465 e. The first kappa shape index (κ1) is 22.8. The normalized spacial score (nSPS) is 10.9. The Morgan fingerprint density at radius 1 is 0.800 bits per heavy atom. The van der Waals surface area contributed by atoms with Crippen LogP contribution in [0.3, 0.4) is 0 Å². The summed E-state index contributed by atoms with van der Waals surface area (Å²) in [4.78, 5) is 26.9. The van der Waals surface area contributed by atoms with E-state index < -0.39 is 5.97 Å². The summed E-state index contributed by atoms with van der Waals surface area (Å²) < 4.78 is 12.3. The molecule has 0 amide bonds. The van der Waals surface area contributed by atoms with Crippen LogP contribution in [0.15, 0.2) is 106 Å². The lowest BCUT2D eigenvalue weighted by Gasteiger charge is -2.07. The first-order valence-corrected chi connectivity index (χ1v) is 11.9. The zero-order valence-corrected chi connectivity index (χ0v) is 20.5. The second-order valence-corrected chi connectivity index (χ2v) is 9.07. The molecule has 0 atom stereocenters. The number of ketones is 1. The molecule has 4 aromatic carbocycles. The minimum atomic E-state index is -0.614. The van der Waals surface area contributed by atoms with Gasteiger partial charge in [-0.15, -0.1) is 0 Å². The molecule has 5 rings (SSSR count). The average Bonchev–Trinajstić information content (AvgIpc) is 3.27. The van der Waals surface area contributed by atoms with Crippen molar-refractivity contribution in [2.75, 3.05) is 7.11 Å². The maximum absolute atomic E-state index is 13.8. The predicted octanol–water partition coefficient (Wildman–Crippen LogP) is 7.47. The number of halogens is 1. The summed E-state index contributed by atoms with van der Waals surface area (Å²) in [6.45, 7) is 0. The molecule has 4 nitrogen and oxygen atoms in total. The van der Waals surface area contributed by atoms with E-state index in [0.717, 1.165) is 20.8 Å². The summed E-state index contributed by atoms with van der Waals surface area (Å²) in [5.41, 5.74) is 2.49. The lowest BCUT2D eigenvalue weighted by molar-refractivity contribution is 0.0598. The van der Waals surface area contributed by atoms with Gasteiger partial charge in [-0.3, -0.25) is 4.79 Å². The Hall–Kier alpha value is -3.96. The van der Waals surface area contributed by atoms with Crippen molar-refractivity contribution >= 4 is 38.5 Å². The summed E-state index contributed by atoms with van der Waals surface area (Å²) in [5.74, 6) is -0.155. The Bertz CT molecular complexity index is 1530. The van der Waals surface area contributed by atoms with Gasteiger partial charge in [0.15, 0.2) is 5.78 Å². The molecule has 0 bridgehead atoms. The minimum Gasteiger partial charge on any atom is -0.465 e. The third-order valence-corrected chi connectivity index (χ3v) is 6.45. The van der Waals surface area contributed by atoms with Gasteiger partial charge in [0.2, 0.25) is 0 Å². The maximum Gasteiger partial charge on any atom is 0.342 e. The highest BCUT2D eigenvalue weighted by Gasteiger charge is 2.32. The number of rotatable bonds is 6. The zero-order valence-electron chi connectivity index (χ0n) is 19.0. The highest BCUT2D eigenvalue weighted by atomic mass is 79.9. The van der Waals surface area contributed by atoms with Gasteiger partial charge >= 0.3 is 5.97 Å². The molecule has 0 N–H and O–H groups in total. The molecule has 0 aliphatic rings. The van der Waals surface area contributed by atoms with E-state index in [-0.39, 0.29) is 16.9 Å². The van der Waals surface area contributed by atoms with Crippen LogP contribution in [0.1, 0.15) is 37.6 Å². The highest BCUT2D eigenvalue weighted by Crippen LogP contribution is 2.36. The van der Waals surface area contributed by atoms with Crippen LogP contribution >= 0.6 is 15.9 Å². The Morgan fingerprint density at radius 3 is 2.20 bits per heavy atom. The predicted molar refractivity (Wildman–Crippen MR) is 140 cm³/mol. The molecule has 5 heteroatoms. The molecule has 1 aromatic heterocycles. The fraction of sp³-hybridized carbons (Fsp3) is 0.0667. The van der Waals surface area contributed by atoms with E-state index >= 15 is 0 Å². The van der Waals surface area contributed by atoms with Crippen LogP contribution in [0.2, 0.25) is 0 Å². The van der Waals surface area contributed by atoms with Gasteiger partial charge in [0.25, 0.3) is 0 Å². The van der Waals surface area contributed by atoms with E-state index in [4.69, 9.17) is 9.15 Å². The van der Waals surface area contributed by atoms with Crippen molar-refractivity contribution in [2.45, 2.75) is 6.42 Å². The molecular weight excluding hydrogens is 504 g/mol. The fourth-order valence-electron chi connectivity index (χ4n) is 4.20. The molecule has 0 fully saturated rings. The SMILES string of the molecule is COC(=O)c1c(-c2ccc3ccccc3c2)oc(Cc2ccccc2)c1C(=O)c1ccc(Br)cc1. The third kappa shape index (κ3) is 4.55. The van der Waals surface area contributed by atoms with E-state index in [1.165, 1.54) is 7.11 Å². The molecule has 0 saturated carbocycles. The number of ether oxygens (including phenoxy) is 1. The Balaban J connectivity index is 1.74. The summed E-state index contributed by atoms with van der Waals surface area (Å²) in [7, 11) is 1.31. The van der Waals surface area contributed by atoms with Gasteiger partial charge in [-0.25, -0.2) is 4.79 Å². The lowest BCUT2D eigenvalue weighted by Crippen LogP contribution is -2.12. The quantitative estimate of drug-likeness (QED) is 0.171. The van der Waals surface area contributed by atoms with Crippen molar-refractivity contribution in [3.8, 4) is 11.3 Å². The number of carbonyl (C=O) groups excluding carboxylic acids is 2. The van der Waals surface area contributed by atoms with Gasteiger partial charge < -0.3 is 9.15 Å². The van der Waals surface area contributed by atoms with Crippen LogP contribution in [-0.4, -0.2) is 18.9 Å². The van der Waals surface area contributed by atoms with E-state index in [1.54, 1.807) is 24.3 Å². The van der Waals surface area contributed by atoms with Crippen molar-refractivity contribution < 1.29 is 18.7 Å². The van der Waals surface area contributed by atoms with E-state index in [9.17, 15) is 9.59 Å². The van der Waals surface area contributed by atoms with Gasteiger partial charge in [0.05, 0.1) is 12.7 Å². The molecule has 0 radical (unpaired) electrons. The number of fused-ring (bicyclic) bond motifs is 1. The van der Waals surface area contributed by atoms with Crippen molar-refractivity contribution in [1.29, 1.82) is 0 Å². The van der Waals surface area contributed by atoms with Crippen molar-refractivity contribution in [2.24, 2.45) is 0 Å². The topological polar surface area (TPSA) is 56.5 Å². The Kier molecular flexibility index (Phi) is 6.34. The smallest absolute Gasteiger partial charge is 0.342 e. The zero-order chi connectivity index (χ0) is 24.4. The van der Waals surface area contributed by atoms with Crippen LogP contribution in [-0.2, 0) is 11.2 Å². The van der Waals surface area contributed by atoms with E-state index in [0.29, 0.717) is 29.1 Å².